The van der Waals surface area contributed by atoms with Crippen molar-refractivity contribution in [2.24, 2.45) is 0 Å². The average Bonchev–Trinajstić information content (AvgIpc) is 3.46. The zero-order valence-corrected chi connectivity index (χ0v) is 28.0. The average molecular weight is 613 g/mol. The second-order valence-electron chi connectivity index (χ2n) is 12.2. The molecule has 0 saturated carbocycles. The third kappa shape index (κ3) is 9.84. The fraction of sp³-hybridized carbons (Fsp3) is 0.471. The summed E-state index contributed by atoms with van der Waals surface area (Å²) in [5, 5.41) is 2.03. The van der Waals surface area contributed by atoms with Crippen molar-refractivity contribution in [2.45, 2.75) is 91.9 Å². The Morgan fingerprint density at radius 1 is 0.714 bits per heavy atom. The predicted octanol–water partition coefficient (Wildman–Crippen LogP) is 8.43. The van der Waals surface area contributed by atoms with Gasteiger partial charge in [-0.15, -0.1) is 11.3 Å². The first-order chi connectivity index (χ1) is 19.8. The monoisotopic (exact) mass is 612 g/mol. The molecule has 0 aliphatic carbocycles. The molecule has 0 saturated heterocycles. The van der Waals surface area contributed by atoms with Crippen molar-refractivity contribution < 1.29 is 28.1 Å². The number of hydrogen-bond donors (Lipinski definition) is 0. The minimum absolute atomic E-state index is 0.189. The first-order valence-corrected chi connectivity index (χ1v) is 16.6. The van der Waals surface area contributed by atoms with Crippen molar-refractivity contribution in [3.63, 3.8) is 0 Å². The SMILES string of the molecule is CCOC(=O)CCc1ccc(OP(Oc2ccc(CCC(=O)OCC)cc2C(C)(C)C)c2cccs2)c(C(C)(C)C)c1. The molecule has 0 atom stereocenters. The zero-order valence-electron chi connectivity index (χ0n) is 26.2. The summed E-state index contributed by atoms with van der Waals surface area (Å²) in [6.45, 7) is 17.4. The molecule has 0 amide bonds. The van der Waals surface area contributed by atoms with E-state index in [9.17, 15) is 9.59 Å². The number of rotatable bonds is 13. The van der Waals surface area contributed by atoms with E-state index in [4.69, 9.17) is 18.5 Å². The lowest BCUT2D eigenvalue weighted by Crippen LogP contribution is -2.17. The van der Waals surface area contributed by atoms with Gasteiger partial charge in [0.15, 0.2) is 0 Å². The van der Waals surface area contributed by atoms with Crippen LogP contribution in [0.15, 0.2) is 53.9 Å². The second kappa shape index (κ2) is 15.0. The lowest BCUT2D eigenvalue weighted by Gasteiger charge is -2.28. The van der Waals surface area contributed by atoms with Crippen LogP contribution in [0.1, 0.15) is 90.5 Å². The highest BCUT2D eigenvalue weighted by molar-refractivity contribution is 7.64. The molecule has 0 radical (unpaired) electrons. The van der Waals surface area contributed by atoms with E-state index >= 15 is 0 Å². The summed E-state index contributed by atoms with van der Waals surface area (Å²) in [6, 6.07) is 16.4. The van der Waals surface area contributed by atoms with Gasteiger partial charge in [-0.3, -0.25) is 9.59 Å². The Hall–Kier alpha value is -2.89. The molecule has 228 valence electrons. The van der Waals surface area contributed by atoms with Gasteiger partial charge in [-0.05, 0) is 72.2 Å². The van der Waals surface area contributed by atoms with Crippen LogP contribution in [0.5, 0.6) is 11.5 Å². The van der Waals surface area contributed by atoms with E-state index in [0.29, 0.717) is 38.9 Å². The third-order valence-electron chi connectivity index (χ3n) is 6.60. The van der Waals surface area contributed by atoms with Crippen LogP contribution in [-0.4, -0.2) is 25.2 Å². The fourth-order valence-electron chi connectivity index (χ4n) is 4.42. The molecule has 3 aromatic rings. The predicted molar refractivity (Wildman–Crippen MR) is 172 cm³/mol. The lowest BCUT2D eigenvalue weighted by molar-refractivity contribution is -0.144. The summed E-state index contributed by atoms with van der Waals surface area (Å²) < 4.78 is 24.7. The number of benzene rings is 2. The second-order valence-corrected chi connectivity index (χ2v) is 14.8. The van der Waals surface area contributed by atoms with Crippen LogP contribution in [0, 0.1) is 0 Å². The highest BCUT2D eigenvalue weighted by atomic mass is 32.1. The summed E-state index contributed by atoms with van der Waals surface area (Å²) in [5.74, 6) is 1.16. The number of esters is 2. The van der Waals surface area contributed by atoms with Gasteiger partial charge < -0.3 is 18.5 Å². The molecule has 1 heterocycles. The van der Waals surface area contributed by atoms with Gasteiger partial charge in [0.25, 0.3) is 0 Å². The van der Waals surface area contributed by atoms with Gasteiger partial charge in [-0.1, -0.05) is 71.9 Å². The van der Waals surface area contributed by atoms with Crippen LogP contribution in [0.25, 0.3) is 0 Å². The summed E-state index contributed by atoms with van der Waals surface area (Å²) in [7, 11) is -1.49. The van der Waals surface area contributed by atoms with Gasteiger partial charge >= 0.3 is 20.3 Å². The Kier molecular flexibility index (Phi) is 12.0. The fourth-order valence-corrected chi connectivity index (χ4v) is 6.72. The first-order valence-electron chi connectivity index (χ1n) is 14.6. The molecule has 0 bridgehead atoms. The topological polar surface area (TPSA) is 71.1 Å². The minimum Gasteiger partial charge on any atom is -0.466 e. The van der Waals surface area contributed by atoms with Gasteiger partial charge in [0.05, 0.1) is 13.2 Å². The molecule has 3 rings (SSSR count). The van der Waals surface area contributed by atoms with E-state index in [1.807, 2.05) is 55.6 Å². The van der Waals surface area contributed by atoms with Gasteiger partial charge in [0.1, 0.15) is 16.1 Å². The number of ether oxygens (including phenoxy) is 2. The highest BCUT2D eigenvalue weighted by Crippen LogP contribution is 2.46. The summed E-state index contributed by atoms with van der Waals surface area (Å²) in [5.41, 5.74) is 3.86. The Morgan fingerprint density at radius 3 is 1.52 bits per heavy atom. The summed E-state index contributed by atoms with van der Waals surface area (Å²) in [4.78, 5) is 23.9. The molecule has 0 aliphatic rings. The molecule has 42 heavy (non-hydrogen) atoms. The zero-order chi connectivity index (χ0) is 30.9. The van der Waals surface area contributed by atoms with Gasteiger partial charge in [-0.25, -0.2) is 0 Å². The quantitative estimate of drug-likeness (QED) is 0.143. The number of carbonyl (C=O) groups excluding carboxylic acids is 2. The van der Waals surface area contributed by atoms with Crippen molar-refractivity contribution in [1.29, 1.82) is 0 Å². The number of aryl methyl sites for hydroxylation is 2. The molecular formula is C34H45O6PS. The Balaban J connectivity index is 1.92. The highest BCUT2D eigenvalue weighted by Gasteiger charge is 2.28. The standard InChI is InChI=1S/C34H45O6PS/c1-9-37-30(35)19-15-24-13-17-28(26(22-24)33(3,4)5)39-41(32-12-11-21-42-32)40-29-18-14-25(16-20-31(36)38-10-2)23-27(29)34(6,7)8/h11-14,17-18,21-23H,9-10,15-16,19-20H2,1-8H3. The molecule has 0 N–H and O–H groups in total. The molecule has 0 unspecified atom stereocenters. The van der Waals surface area contributed by atoms with Gasteiger partial charge in [-0.2, -0.15) is 0 Å². The summed E-state index contributed by atoms with van der Waals surface area (Å²) >= 11 is 1.61. The van der Waals surface area contributed by atoms with E-state index in [1.54, 1.807) is 11.3 Å². The first kappa shape index (κ1) is 33.6. The van der Waals surface area contributed by atoms with E-state index in [0.717, 1.165) is 38.4 Å². The molecule has 0 fully saturated rings. The van der Waals surface area contributed by atoms with Crippen molar-refractivity contribution in [1.82, 2.24) is 0 Å². The van der Waals surface area contributed by atoms with Crippen LogP contribution in [0.3, 0.4) is 0 Å². The molecule has 0 aliphatic heterocycles. The molecule has 6 nitrogen and oxygen atoms in total. The maximum absolute atomic E-state index is 11.9. The van der Waals surface area contributed by atoms with Crippen LogP contribution in [-0.2, 0) is 42.7 Å². The smallest absolute Gasteiger partial charge is 0.336 e. The maximum Gasteiger partial charge on any atom is 0.336 e. The molecule has 2 aromatic carbocycles. The molecular weight excluding hydrogens is 567 g/mol. The van der Waals surface area contributed by atoms with E-state index < -0.39 is 8.38 Å². The van der Waals surface area contributed by atoms with E-state index in [1.165, 1.54) is 0 Å². The van der Waals surface area contributed by atoms with Crippen molar-refractivity contribution >= 4 is 36.3 Å². The lowest BCUT2D eigenvalue weighted by atomic mass is 9.85. The normalized spacial score (nSPS) is 11.8. The van der Waals surface area contributed by atoms with Crippen LogP contribution >= 0.6 is 19.7 Å². The van der Waals surface area contributed by atoms with Crippen molar-refractivity contribution in [3.8, 4) is 11.5 Å². The molecule has 1 aromatic heterocycles. The van der Waals surface area contributed by atoms with Crippen molar-refractivity contribution in [2.75, 3.05) is 13.2 Å². The number of thiophene rings is 1. The van der Waals surface area contributed by atoms with Crippen LogP contribution in [0.2, 0.25) is 0 Å². The van der Waals surface area contributed by atoms with Crippen molar-refractivity contribution in [3.05, 3.63) is 76.2 Å². The molecule has 0 spiro atoms. The third-order valence-corrected chi connectivity index (χ3v) is 9.27. The number of hydrogen-bond acceptors (Lipinski definition) is 7. The van der Waals surface area contributed by atoms with Gasteiger partial charge in [0, 0.05) is 24.0 Å². The summed E-state index contributed by atoms with van der Waals surface area (Å²) in [6.07, 6.45) is 1.90. The van der Waals surface area contributed by atoms with Gasteiger partial charge in [0.2, 0.25) is 0 Å². The Bertz CT molecular complexity index is 1240. The van der Waals surface area contributed by atoms with Crippen LogP contribution in [0.4, 0.5) is 0 Å². The Morgan fingerprint density at radius 2 is 1.17 bits per heavy atom. The largest absolute Gasteiger partial charge is 0.466 e. The minimum atomic E-state index is -1.49. The van der Waals surface area contributed by atoms with E-state index in [-0.39, 0.29) is 22.8 Å². The van der Waals surface area contributed by atoms with Crippen LogP contribution < -0.4 is 13.7 Å². The van der Waals surface area contributed by atoms with E-state index in [2.05, 4.69) is 53.7 Å². The maximum atomic E-state index is 11.9. The molecule has 8 heteroatoms. The number of carbonyl (C=O) groups is 2. The Labute approximate surface area is 256 Å².